The van der Waals surface area contributed by atoms with Crippen LogP contribution in [-0.4, -0.2) is 61.5 Å². The number of carbonyl (C=O) groups excluding carboxylic acids is 1. The maximum absolute atomic E-state index is 14.2. The van der Waals surface area contributed by atoms with Gasteiger partial charge in [-0.15, -0.1) is 0 Å². The van der Waals surface area contributed by atoms with Gasteiger partial charge in [0.25, 0.3) is 0 Å². The Kier molecular flexibility index (Phi) is 8.04. The highest BCUT2D eigenvalue weighted by atomic mass is 16.5. The standard InChI is InChI=1S/C37H61NO4/c1-25-11-16-37(32(40)42-22-8-19-38-20-23-41-24-21-38)18-17-35(6)27(31(37)26(25)2)9-10-29-34(5)14-13-30(39)33(3,4)28(34)12-15-36(29,35)7/h9,25-26,28-31,39H,8,10-24H2,1-7H3/t25-,26+,28+,29-,30+,31+,34+,35-,36-,37+/m1/s1. The first-order valence-electron chi connectivity index (χ1n) is 17.7. The molecule has 238 valence electrons. The second-order valence-electron chi connectivity index (χ2n) is 17.1. The first-order chi connectivity index (χ1) is 19.8. The van der Waals surface area contributed by atoms with Crippen LogP contribution in [-0.2, 0) is 14.3 Å². The zero-order valence-corrected chi connectivity index (χ0v) is 28.0. The van der Waals surface area contributed by atoms with Gasteiger partial charge in [0.15, 0.2) is 0 Å². The molecule has 0 radical (unpaired) electrons. The van der Waals surface area contributed by atoms with E-state index in [0.717, 1.165) is 84.2 Å². The van der Waals surface area contributed by atoms with Crippen LogP contribution in [0.1, 0.15) is 113 Å². The molecular formula is C37H61NO4. The first kappa shape index (κ1) is 31.1. The number of esters is 1. The Bertz CT molecular complexity index is 1060. The highest BCUT2D eigenvalue weighted by Gasteiger charge is 2.69. The van der Waals surface area contributed by atoms with Crippen LogP contribution in [0.5, 0.6) is 0 Å². The lowest BCUT2D eigenvalue weighted by Gasteiger charge is -2.71. The molecule has 0 aromatic rings. The van der Waals surface area contributed by atoms with Crippen molar-refractivity contribution in [1.29, 1.82) is 0 Å². The van der Waals surface area contributed by atoms with Gasteiger partial charge in [0.1, 0.15) is 0 Å². The summed E-state index contributed by atoms with van der Waals surface area (Å²) in [5, 5.41) is 11.0. The van der Waals surface area contributed by atoms with Gasteiger partial charge in [0, 0.05) is 19.6 Å². The number of morpholine rings is 1. The minimum atomic E-state index is -0.364. The van der Waals surface area contributed by atoms with Gasteiger partial charge in [0.2, 0.25) is 0 Å². The molecule has 1 saturated heterocycles. The van der Waals surface area contributed by atoms with E-state index in [2.05, 4.69) is 59.4 Å². The Hall–Kier alpha value is -0.910. The average molecular weight is 584 g/mol. The van der Waals surface area contributed by atoms with Gasteiger partial charge in [-0.2, -0.15) is 0 Å². The Labute approximate surface area is 256 Å². The highest BCUT2D eigenvalue weighted by Crippen LogP contribution is 2.75. The van der Waals surface area contributed by atoms with E-state index < -0.39 is 0 Å². The summed E-state index contributed by atoms with van der Waals surface area (Å²) in [4.78, 5) is 16.7. The van der Waals surface area contributed by atoms with Gasteiger partial charge >= 0.3 is 5.97 Å². The van der Waals surface area contributed by atoms with Gasteiger partial charge in [-0.1, -0.05) is 60.1 Å². The van der Waals surface area contributed by atoms with Crippen molar-refractivity contribution < 1.29 is 19.4 Å². The predicted octanol–water partition coefficient (Wildman–Crippen LogP) is 7.27. The van der Waals surface area contributed by atoms with E-state index in [9.17, 15) is 9.90 Å². The van der Waals surface area contributed by atoms with Crippen molar-refractivity contribution in [2.45, 2.75) is 119 Å². The van der Waals surface area contributed by atoms with E-state index in [1.165, 1.54) is 12.8 Å². The fourth-order valence-electron chi connectivity index (χ4n) is 12.3. The predicted molar refractivity (Wildman–Crippen MR) is 168 cm³/mol. The average Bonchev–Trinajstić information content (AvgIpc) is 2.96. The van der Waals surface area contributed by atoms with Crippen molar-refractivity contribution in [3.8, 4) is 0 Å². The molecule has 0 spiro atoms. The van der Waals surface area contributed by atoms with Crippen LogP contribution in [0.3, 0.4) is 0 Å². The summed E-state index contributed by atoms with van der Waals surface area (Å²) in [6.07, 6.45) is 13.2. The van der Waals surface area contributed by atoms with Gasteiger partial charge in [-0.05, 0) is 115 Å². The molecule has 10 atom stereocenters. The SMILES string of the molecule is C[C@H]1[C@H](C)CC[C@]2(C(=O)OCCCN3CCOCC3)CC[C@]3(C)C(=CC[C@@H]4[C@@]5(C)CC[C@H](O)C(C)(C)[C@@H]5CC[C@]43C)[C@H]12. The number of aliphatic hydroxyl groups is 1. The minimum Gasteiger partial charge on any atom is -0.465 e. The van der Waals surface area contributed by atoms with E-state index >= 15 is 0 Å². The molecule has 0 aromatic carbocycles. The maximum Gasteiger partial charge on any atom is 0.312 e. The second-order valence-corrected chi connectivity index (χ2v) is 17.1. The Morgan fingerprint density at radius 1 is 0.976 bits per heavy atom. The molecule has 0 bridgehead atoms. The Morgan fingerprint density at radius 3 is 2.45 bits per heavy atom. The number of nitrogens with zero attached hydrogens (tertiary/aromatic N) is 1. The van der Waals surface area contributed by atoms with Crippen LogP contribution in [0, 0.1) is 56.7 Å². The molecular weight excluding hydrogens is 522 g/mol. The first-order valence-corrected chi connectivity index (χ1v) is 17.7. The minimum absolute atomic E-state index is 0.0280. The number of hydrogen-bond acceptors (Lipinski definition) is 5. The van der Waals surface area contributed by atoms with E-state index in [1.54, 1.807) is 5.57 Å². The number of allylic oxidation sites excluding steroid dienone is 2. The molecule has 0 unspecified atom stereocenters. The van der Waals surface area contributed by atoms with Crippen LogP contribution in [0.15, 0.2) is 11.6 Å². The Morgan fingerprint density at radius 2 is 1.71 bits per heavy atom. The molecule has 42 heavy (non-hydrogen) atoms. The molecule has 6 rings (SSSR count). The second kappa shape index (κ2) is 10.9. The zero-order valence-electron chi connectivity index (χ0n) is 28.0. The number of rotatable bonds is 5. The van der Waals surface area contributed by atoms with E-state index in [-0.39, 0.29) is 39.1 Å². The third-order valence-electron chi connectivity index (χ3n) is 15.3. The van der Waals surface area contributed by atoms with Crippen molar-refractivity contribution >= 4 is 5.97 Å². The Balaban J connectivity index is 1.27. The fraction of sp³-hybridized carbons (Fsp3) is 0.919. The van der Waals surface area contributed by atoms with Gasteiger partial charge in [-0.25, -0.2) is 0 Å². The smallest absolute Gasteiger partial charge is 0.312 e. The summed E-state index contributed by atoms with van der Waals surface area (Å²) in [5.41, 5.74) is 1.81. The van der Waals surface area contributed by atoms with Crippen molar-refractivity contribution in [3.05, 3.63) is 11.6 Å². The summed E-state index contributed by atoms with van der Waals surface area (Å²) in [6, 6.07) is 0. The quantitative estimate of drug-likeness (QED) is 0.210. The molecule has 5 nitrogen and oxygen atoms in total. The van der Waals surface area contributed by atoms with Crippen LogP contribution < -0.4 is 0 Å². The van der Waals surface area contributed by atoms with Crippen LogP contribution in [0.25, 0.3) is 0 Å². The molecule has 6 aliphatic rings. The fourth-order valence-corrected chi connectivity index (χ4v) is 12.3. The van der Waals surface area contributed by atoms with Crippen molar-refractivity contribution in [3.63, 3.8) is 0 Å². The number of aliphatic hydroxyl groups excluding tert-OH is 1. The number of ether oxygens (including phenoxy) is 2. The molecule has 5 heteroatoms. The maximum atomic E-state index is 14.2. The van der Waals surface area contributed by atoms with Crippen LogP contribution >= 0.6 is 0 Å². The lowest BCUT2D eigenvalue weighted by atomic mass is 9.33. The monoisotopic (exact) mass is 583 g/mol. The molecule has 0 aromatic heterocycles. The van der Waals surface area contributed by atoms with Crippen molar-refractivity contribution in [2.24, 2.45) is 56.7 Å². The topological polar surface area (TPSA) is 59.0 Å². The zero-order chi connectivity index (χ0) is 30.1. The van der Waals surface area contributed by atoms with Crippen LogP contribution in [0.2, 0.25) is 0 Å². The van der Waals surface area contributed by atoms with E-state index in [0.29, 0.717) is 36.2 Å². The summed E-state index contributed by atoms with van der Waals surface area (Å²) in [6.45, 7) is 22.5. The normalized spacial score (nSPS) is 48.6. The highest BCUT2D eigenvalue weighted by molar-refractivity contribution is 5.79. The molecule has 5 aliphatic carbocycles. The summed E-state index contributed by atoms with van der Waals surface area (Å²) in [5.74, 6) is 2.69. The van der Waals surface area contributed by atoms with Crippen molar-refractivity contribution in [2.75, 3.05) is 39.5 Å². The third-order valence-corrected chi connectivity index (χ3v) is 15.3. The van der Waals surface area contributed by atoms with Crippen LogP contribution in [0.4, 0.5) is 0 Å². The van der Waals surface area contributed by atoms with E-state index in [4.69, 9.17) is 9.47 Å². The lowest BCUT2D eigenvalue weighted by Crippen LogP contribution is -2.65. The van der Waals surface area contributed by atoms with Crippen molar-refractivity contribution in [1.82, 2.24) is 4.90 Å². The number of hydrogen-bond donors (Lipinski definition) is 1. The molecule has 4 saturated carbocycles. The van der Waals surface area contributed by atoms with Gasteiger partial charge in [0.05, 0.1) is 31.3 Å². The van der Waals surface area contributed by atoms with Gasteiger partial charge in [-0.3, -0.25) is 9.69 Å². The summed E-state index contributed by atoms with van der Waals surface area (Å²) < 4.78 is 11.7. The number of fused-ring (bicyclic) bond motifs is 7. The molecule has 1 N–H and O–H groups in total. The lowest BCUT2D eigenvalue weighted by molar-refractivity contribution is -0.207. The molecule has 1 heterocycles. The van der Waals surface area contributed by atoms with Gasteiger partial charge < -0.3 is 14.6 Å². The number of carbonyl (C=O) groups is 1. The summed E-state index contributed by atoms with van der Waals surface area (Å²) in [7, 11) is 0. The third kappa shape index (κ3) is 4.43. The van der Waals surface area contributed by atoms with E-state index in [1.807, 2.05) is 0 Å². The molecule has 1 aliphatic heterocycles. The summed E-state index contributed by atoms with van der Waals surface area (Å²) >= 11 is 0. The molecule has 0 amide bonds. The molecule has 5 fully saturated rings. The largest absolute Gasteiger partial charge is 0.465 e.